The van der Waals surface area contributed by atoms with Gasteiger partial charge in [0.25, 0.3) is 0 Å². The van der Waals surface area contributed by atoms with Crippen molar-refractivity contribution in [3.63, 3.8) is 0 Å². The number of hydrazine groups is 1. The number of ether oxygens (including phenoxy) is 1. The minimum absolute atomic E-state index is 0.212. The highest BCUT2D eigenvalue weighted by Crippen LogP contribution is 2.30. The Bertz CT molecular complexity index is 577. The van der Waals surface area contributed by atoms with Gasteiger partial charge in [-0.1, -0.05) is 30.3 Å². The minimum Gasteiger partial charge on any atom is -0.494 e. The Kier molecular flexibility index (Phi) is 4.73. The van der Waals surface area contributed by atoms with E-state index in [0.717, 1.165) is 9.13 Å². The lowest BCUT2D eigenvalue weighted by molar-refractivity contribution is 0.381. The van der Waals surface area contributed by atoms with Gasteiger partial charge in [-0.15, -0.1) is 0 Å². The summed E-state index contributed by atoms with van der Waals surface area (Å²) < 4.78 is 20.3. The third-order valence-corrected chi connectivity index (χ3v) is 3.89. The van der Waals surface area contributed by atoms with Gasteiger partial charge in [-0.3, -0.25) is 5.84 Å². The molecule has 0 bridgehead atoms. The topological polar surface area (TPSA) is 47.3 Å². The van der Waals surface area contributed by atoms with E-state index in [1.54, 1.807) is 18.2 Å². The average molecular weight is 372 g/mol. The van der Waals surface area contributed by atoms with Gasteiger partial charge in [-0.25, -0.2) is 9.82 Å². The first-order valence-corrected chi connectivity index (χ1v) is 6.80. The number of hydrogen-bond acceptors (Lipinski definition) is 3. The minimum atomic E-state index is -0.414. The Morgan fingerprint density at radius 1 is 1.16 bits per heavy atom. The van der Waals surface area contributed by atoms with E-state index < -0.39 is 11.9 Å². The van der Waals surface area contributed by atoms with Crippen molar-refractivity contribution in [1.82, 2.24) is 5.43 Å². The fourth-order valence-electron chi connectivity index (χ4n) is 1.96. The SMILES string of the molecule is COc1cccc(C(NN)c2ccccc2I)c1F. The van der Waals surface area contributed by atoms with Gasteiger partial charge in [-0.05, 0) is 40.3 Å². The van der Waals surface area contributed by atoms with Crippen LogP contribution in [-0.2, 0) is 0 Å². The second-order valence-corrected chi connectivity index (χ2v) is 5.15. The molecule has 0 radical (unpaired) electrons. The van der Waals surface area contributed by atoms with Gasteiger partial charge in [0, 0.05) is 9.13 Å². The van der Waals surface area contributed by atoms with Crippen LogP contribution >= 0.6 is 22.6 Å². The molecule has 0 aliphatic heterocycles. The molecule has 1 atom stereocenters. The zero-order chi connectivity index (χ0) is 13.8. The van der Waals surface area contributed by atoms with Crippen molar-refractivity contribution < 1.29 is 9.13 Å². The lowest BCUT2D eigenvalue weighted by Gasteiger charge is -2.19. The highest BCUT2D eigenvalue weighted by atomic mass is 127. The molecule has 0 amide bonds. The van der Waals surface area contributed by atoms with Gasteiger partial charge >= 0.3 is 0 Å². The van der Waals surface area contributed by atoms with Crippen molar-refractivity contribution in [2.45, 2.75) is 6.04 Å². The third kappa shape index (κ3) is 2.88. The predicted molar refractivity (Wildman–Crippen MR) is 81.3 cm³/mol. The molecule has 0 aliphatic carbocycles. The molecular weight excluding hydrogens is 358 g/mol. The maximum atomic E-state index is 14.3. The molecule has 0 aliphatic rings. The normalized spacial score (nSPS) is 12.2. The van der Waals surface area contributed by atoms with Gasteiger partial charge in [-0.2, -0.15) is 0 Å². The van der Waals surface area contributed by atoms with E-state index in [0.29, 0.717) is 5.56 Å². The van der Waals surface area contributed by atoms with Crippen LogP contribution < -0.4 is 16.0 Å². The van der Waals surface area contributed by atoms with E-state index in [4.69, 9.17) is 10.6 Å². The summed E-state index contributed by atoms with van der Waals surface area (Å²) in [6.07, 6.45) is 0. The lowest BCUT2D eigenvalue weighted by Crippen LogP contribution is -2.30. The lowest BCUT2D eigenvalue weighted by atomic mass is 9.98. The van der Waals surface area contributed by atoms with Crippen LogP contribution in [0.5, 0.6) is 5.75 Å². The van der Waals surface area contributed by atoms with Crippen LogP contribution in [0.2, 0.25) is 0 Å². The molecular formula is C14H14FIN2O. The van der Waals surface area contributed by atoms with Crippen molar-refractivity contribution in [3.8, 4) is 5.75 Å². The van der Waals surface area contributed by atoms with Crippen molar-refractivity contribution in [2.75, 3.05) is 7.11 Å². The molecule has 2 aromatic carbocycles. The molecule has 19 heavy (non-hydrogen) atoms. The molecule has 5 heteroatoms. The summed E-state index contributed by atoms with van der Waals surface area (Å²) in [6.45, 7) is 0. The Labute approximate surface area is 125 Å². The Morgan fingerprint density at radius 3 is 2.47 bits per heavy atom. The molecule has 0 fully saturated rings. The molecule has 0 saturated carbocycles. The second-order valence-electron chi connectivity index (χ2n) is 3.98. The first-order valence-electron chi connectivity index (χ1n) is 5.72. The van der Waals surface area contributed by atoms with Crippen molar-refractivity contribution in [1.29, 1.82) is 0 Å². The molecule has 100 valence electrons. The molecule has 3 N–H and O–H groups in total. The molecule has 0 aromatic heterocycles. The summed E-state index contributed by atoms with van der Waals surface area (Å²) in [5, 5.41) is 0. The van der Waals surface area contributed by atoms with Gasteiger partial charge < -0.3 is 4.74 Å². The second kappa shape index (κ2) is 6.31. The average Bonchev–Trinajstić information content (AvgIpc) is 2.43. The predicted octanol–water partition coefficient (Wildman–Crippen LogP) is 2.99. The fourth-order valence-corrected chi connectivity index (χ4v) is 2.66. The van der Waals surface area contributed by atoms with Gasteiger partial charge in [0.2, 0.25) is 0 Å². The van der Waals surface area contributed by atoms with E-state index in [1.165, 1.54) is 7.11 Å². The third-order valence-electron chi connectivity index (χ3n) is 2.91. The molecule has 1 unspecified atom stereocenters. The largest absolute Gasteiger partial charge is 0.494 e. The van der Waals surface area contributed by atoms with Crippen LogP contribution in [0.3, 0.4) is 0 Å². The Morgan fingerprint density at radius 2 is 1.84 bits per heavy atom. The van der Waals surface area contributed by atoms with Crippen LogP contribution in [0, 0.1) is 9.39 Å². The zero-order valence-electron chi connectivity index (χ0n) is 10.4. The van der Waals surface area contributed by atoms with Crippen LogP contribution in [0.25, 0.3) is 0 Å². The number of benzene rings is 2. The first-order chi connectivity index (χ1) is 9.19. The summed E-state index contributed by atoms with van der Waals surface area (Å²) in [7, 11) is 1.44. The first kappa shape index (κ1) is 14.2. The van der Waals surface area contributed by atoms with Crippen LogP contribution in [0.1, 0.15) is 17.2 Å². The smallest absolute Gasteiger partial charge is 0.170 e. The highest BCUT2D eigenvalue weighted by Gasteiger charge is 2.20. The summed E-state index contributed by atoms with van der Waals surface area (Å²) in [5.74, 6) is 5.42. The van der Waals surface area contributed by atoms with Gasteiger partial charge in [0.05, 0.1) is 13.2 Å². The molecule has 3 nitrogen and oxygen atoms in total. The van der Waals surface area contributed by atoms with Crippen molar-refractivity contribution >= 4 is 22.6 Å². The number of methoxy groups -OCH3 is 1. The maximum absolute atomic E-state index is 14.3. The highest BCUT2D eigenvalue weighted by molar-refractivity contribution is 14.1. The van der Waals surface area contributed by atoms with E-state index in [2.05, 4.69) is 28.0 Å². The van der Waals surface area contributed by atoms with E-state index in [1.807, 2.05) is 24.3 Å². The summed E-state index contributed by atoms with van der Waals surface area (Å²) >= 11 is 2.21. The van der Waals surface area contributed by atoms with E-state index in [9.17, 15) is 4.39 Å². The number of hydrogen-bond donors (Lipinski definition) is 2. The van der Waals surface area contributed by atoms with E-state index in [-0.39, 0.29) is 5.75 Å². The number of halogens is 2. The molecule has 2 rings (SSSR count). The van der Waals surface area contributed by atoms with Crippen LogP contribution in [-0.4, -0.2) is 7.11 Å². The van der Waals surface area contributed by atoms with Crippen LogP contribution in [0.15, 0.2) is 42.5 Å². The molecule has 0 saturated heterocycles. The number of rotatable bonds is 4. The van der Waals surface area contributed by atoms with Crippen LogP contribution in [0.4, 0.5) is 4.39 Å². The molecule has 2 aromatic rings. The maximum Gasteiger partial charge on any atom is 0.170 e. The quantitative estimate of drug-likeness (QED) is 0.493. The summed E-state index contributed by atoms with van der Waals surface area (Å²) in [5.41, 5.74) is 4.06. The van der Waals surface area contributed by atoms with Crippen molar-refractivity contribution in [2.24, 2.45) is 5.84 Å². The number of nitrogens with one attached hydrogen (secondary N) is 1. The Hall–Kier alpha value is -1.18. The molecule has 0 spiro atoms. The number of nitrogens with two attached hydrogens (primary N) is 1. The zero-order valence-corrected chi connectivity index (χ0v) is 12.5. The van der Waals surface area contributed by atoms with Gasteiger partial charge in [0.1, 0.15) is 0 Å². The summed E-state index contributed by atoms with van der Waals surface area (Å²) in [4.78, 5) is 0. The van der Waals surface area contributed by atoms with Crippen molar-refractivity contribution in [3.05, 3.63) is 63.0 Å². The Balaban J connectivity index is 2.52. The van der Waals surface area contributed by atoms with E-state index >= 15 is 0 Å². The monoisotopic (exact) mass is 372 g/mol. The molecule has 0 heterocycles. The summed E-state index contributed by atoms with van der Waals surface area (Å²) in [6, 6.07) is 12.3. The van der Waals surface area contributed by atoms with Gasteiger partial charge in [0.15, 0.2) is 11.6 Å². The fraction of sp³-hybridized carbons (Fsp3) is 0.143. The standard InChI is InChI=1S/C14H14FIN2O/c1-19-12-8-4-6-10(13(12)15)14(18-17)9-5-2-3-7-11(9)16/h2-8,14,18H,17H2,1H3.